The first-order chi connectivity index (χ1) is 8.63. The van der Waals surface area contributed by atoms with Gasteiger partial charge in [0.1, 0.15) is 5.76 Å². The van der Waals surface area contributed by atoms with E-state index >= 15 is 0 Å². The molecule has 1 aromatic carbocycles. The molecule has 2 rings (SSSR count). The van der Waals surface area contributed by atoms with Gasteiger partial charge in [0.15, 0.2) is 5.09 Å². The lowest BCUT2D eigenvalue weighted by molar-refractivity contribution is -0.137. The summed E-state index contributed by atoms with van der Waals surface area (Å²) in [6.45, 7) is 0. The number of carboxylic acids is 1. The maximum atomic E-state index is 10.4. The molecule has 0 atom stereocenters. The Kier molecular flexibility index (Phi) is 4.33. The zero-order valence-corrected chi connectivity index (χ0v) is 11.0. The van der Waals surface area contributed by atoms with Gasteiger partial charge in [-0.1, -0.05) is 23.4 Å². The first-order valence-corrected chi connectivity index (χ1v) is 6.57. The molecule has 1 N–H and O–H groups in total. The third-order valence-electron chi connectivity index (χ3n) is 2.25. The van der Waals surface area contributed by atoms with E-state index in [9.17, 15) is 4.79 Å². The monoisotopic (exact) mass is 282 g/mol. The van der Waals surface area contributed by atoms with Gasteiger partial charge in [0.05, 0.1) is 6.42 Å². The Labute approximate surface area is 114 Å². The van der Waals surface area contributed by atoms with Crippen LogP contribution in [-0.2, 0) is 11.2 Å². The van der Waals surface area contributed by atoms with Gasteiger partial charge in [0, 0.05) is 16.3 Å². The van der Waals surface area contributed by atoms with Gasteiger partial charge in [0.2, 0.25) is 0 Å². The predicted octanol–water partition coefficient (Wildman–Crippen LogP) is 4.10. The maximum absolute atomic E-state index is 10.4. The van der Waals surface area contributed by atoms with Crippen LogP contribution in [-0.4, -0.2) is 11.1 Å². The van der Waals surface area contributed by atoms with Gasteiger partial charge < -0.3 is 9.52 Å². The van der Waals surface area contributed by atoms with Crippen LogP contribution in [0.2, 0.25) is 5.02 Å². The van der Waals surface area contributed by atoms with Gasteiger partial charge in [-0.2, -0.15) is 0 Å². The molecule has 1 heterocycles. The zero-order valence-electron chi connectivity index (χ0n) is 9.43. The molecule has 0 aliphatic carbocycles. The number of hydrogen-bond acceptors (Lipinski definition) is 3. The fourth-order valence-corrected chi connectivity index (χ4v) is 2.31. The highest BCUT2D eigenvalue weighted by atomic mass is 35.5. The molecule has 1 aromatic heterocycles. The standard InChI is InChI=1S/C13H11ClO3S/c14-9-1-5-11(6-2-9)18-13-8-4-10(17-13)3-7-12(15)16/h1-2,4-6,8H,3,7H2,(H,15,16). The molecular weight excluding hydrogens is 272 g/mol. The first kappa shape index (κ1) is 13.1. The van der Waals surface area contributed by atoms with E-state index in [0.717, 1.165) is 9.99 Å². The molecule has 18 heavy (non-hydrogen) atoms. The topological polar surface area (TPSA) is 50.4 Å². The van der Waals surface area contributed by atoms with Crippen molar-refractivity contribution in [1.29, 1.82) is 0 Å². The molecule has 0 aliphatic rings. The normalized spacial score (nSPS) is 10.5. The van der Waals surface area contributed by atoms with Gasteiger partial charge in [-0.05, 0) is 36.4 Å². The van der Waals surface area contributed by atoms with Crippen molar-refractivity contribution in [3.05, 3.63) is 47.2 Å². The van der Waals surface area contributed by atoms with Gasteiger partial charge in [-0.15, -0.1) is 0 Å². The zero-order chi connectivity index (χ0) is 13.0. The van der Waals surface area contributed by atoms with Crippen LogP contribution in [0.4, 0.5) is 0 Å². The van der Waals surface area contributed by atoms with E-state index in [2.05, 4.69) is 0 Å². The molecule has 0 radical (unpaired) electrons. The minimum Gasteiger partial charge on any atom is -0.481 e. The van der Waals surface area contributed by atoms with E-state index in [4.69, 9.17) is 21.1 Å². The quantitative estimate of drug-likeness (QED) is 0.897. The van der Waals surface area contributed by atoms with E-state index < -0.39 is 5.97 Å². The molecule has 0 saturated heterocycles. The lowest BCUT2D eigenvalue weighted by Gasteiger charge is -1.98. The Bertz CT molecular complexity index is 533. The summed E-state index contributed by atoms with van der Waals surface area (Å²) in [6.07, 6.45) is 0.495. The molecule has 0 spiro atoms. The minimum absolute atomic E-state index is 0.0819. The van der Waals surface area contributed by atoms with Crippen molar-refractivity contribution in [3.63, 3.8) is 0 Å². The molecule has 0 aliphatic heterocycles. The van der Waals surface area contributed by atoms with Gasteiger partial charge >= 0.3 is 5.97 Å². The van der Waals surface area contributed by atoms with Gasteiger partial charge in [-0.25, -0.2) is 0 Å². The summed E-state index contributed by atoms with van der Waals surface area (Å²) in [5.74, 6) is -0.132. The van der Waals surface area contributed by atoms with Crippen molar-refractivity contribution in [1.82, 2.24) is 0 Å². The number of furan rings is 1. The van der Waals surface area contributed by atoms with Crippen molar-refractivity contribution in [3.8, 4) is 0 Å². The van der Waals surface area contributed by atoms with Crippen LogP contribution >= 0.6 is 23.4 Å². The third kappa shape index (κ3) is 3.82. The van der Waals surface area contributed by atoms with Crippen molar-refractivity contribution in [2.24, 2.45) is 0 Å². The van der Waals surface area contributed by atoms with E-state index in [1.807, 2.05) is 30.3 Å². The number of carboxylic acid groups (broad SMARTS) is 1. The third-order valence-corrected chi connectivity index (χ3v) is 3.43. The second-order valence-electron chi connectivity index (χ2n) is 3.67. The molecule has 3 nitrogen and oxygen atoms in total. The Morgan fingerprint density at radius 1 is 1.22 bits per heavy atom. The van der Waals surface area contributed by atoms with Crippen molar-refractivity contribution in [2.75, 3.05) is 0 Å². The number of hydrogen-bond donors (Lipinski definition) is 1. The number of carbonyl (C=O) groups is 1. The Balaban J connectivity index is 1.97. The summed E-state index contributed by atoms with van der Waals surface area (Å²) >= 11 is 7.28. The van der Waals surface area contributed by atoms with Crippen LogP contribution in [0.1, 0.15) is 12.2 Å². The van der Waals surface area contributed by atoms with E-state index in [-0.39, 0.29) is 6.42 Å². The van der Waals surface area contributed by atoms with Gasteiger partial charge in [0.25, 0.3) is 0 Å². The van der Waals surface area contributed by atoms with Crippen LogP contribution in [0, 0.1) is 0 Å². The lowest BCUT2D eigenvalue weighted by Crippen LogP contribution is -1.95. The van der Waals surface area contributed by atoms with E-state index in [1.54, 1.807) is 6.07 Å². The molecular formula is C13H11ClO3S. The van der Waals surface area contributed by atoms with Crippen LogP contribution in [0.5, 0.6) is 0 Å². The fraction of sp³-hybridized carbons (Fsp3) is 0.154. The van der Waals surface area contributed by atoms with E-state index in [1.165, 1.54) is 11.8 Å². The largest absolute Gasteiger partial charge is 0.481 e. The highest BCUT2D eigenvalue weighted by Gasteiger charge is 2.06. The molecule has 0 unspecified atom stereocenters. The summed E-state index contributed by atoms with van der Waals surface area (Å²) in [7, 11) is 0. The number of rotatable bonds is 5. The summed E-state index contributed by atoms with van der Waals surface area (Å²) in [4.78, 5) is 11.5. The summed E-state index contributed by atoms with van der Waals surface area (Å²) in [5, 5.41) is 10.0. The second-order valence-corrected chi connectivity index (χ2v) is 5.18. The van der Waals surface area contributed by atoms with Crippen LogP contribution < -0.4 is 0 Å². The van der Waals surface area contributed by atoms with Crippen LogP contribution in [0.25, 0.3) is 0 Å². The molecule has 0 bridgehead atoms. The number of aliphatic carboxylic acids is 1. The number of benzene rings is 1. The smallest absolute Gasteiger partial charge is 0.303 e. The fourth-order valence-electron chi connectivity index (χ4n) is 1.40. The molecule has 5 heteroatoms. The molecule has 2 aromatic rings. The Morgan fingerprint density at radius 3 is 2.61 bits per heavy atom. The van der Waals surface area contributed by atoms with Gasteiger partial charge in [-0.3, -0.25) is 4.79 Å². The summed E-state index contributed by atoms with van der Waals surface area (Å²) < 4.78 is 5.53. The minimum atomic E-state index is -0.821. The molecule has 0 saturated carbocycles. The second kappa shape index (κ2) is 5.98. The van der Waals surface area contributed by atoms with Crippen LogP contribution in [0.15, 0.2) is 50.8 Å². The average Bonchev–Trinajstić information content (AvgIpc) is 2.77. The highest BCUT2D eigenvalue weighted by molar-refractivity contribution is 7.99. The first-order valence-electron chi connectivity index (χ1n) is 5.37. The Morgan fingerprint density at radius 2 is 1.94 bits per heavy atom. The highest BCUT2D eigenvalue weighted by Crippen LogP contribution is 2.30. The number of aryl methyl sites for hydroxylation is 1. The maximum Gasteiger partial charge on any atom is 0.303 e. The van der Waals surface area contributed by atoms with Crippen molar-refractivity contribution < 1.29 is 14.3 Å². The average molecular weight is 283 g/mol. The van der Waals surface area contributed by atoms with Crippen LogP contribution in [0.3, 0.4) is 0 Å². The van der Waals surface area contributed by atoms with Crippen molar-refractivity contribution in [2.45, 2.75) is 22.8 Å². The number of halogens is 1. The molecule has 0 fully saturated rings. The summed E-state index contributed by atoms with van der Waals surface area (Å²) in [6, 6.07) is 11.1. The van der Waals surface area contributed by atoms with E-state index in [0.29, 0.717) is 17.2 Å². The molecule has 94 valence electrons. The Hall–Kier alpha value is -1.39. The van der Waals surface area contributed by atoms with Crippen molar-refractivity contribution >= 4 is 29.3 Å². The summed E-state index contributed by atoms with van der Waals surface area (Å²) in [5.41, 5.74) is 0. The molecule has 0 amide bonds. The lowest BCUT2D eigenvalue weighted by atomic mass is 10.2. The predicted molar refractivity (Wildman–Crippen MR) is 70.2 cm³/mol. The SMILES string of the molecule is O=C(O)CCc1ccc(Sc2ccc(Cl)cc2)o1.